The minimum atomic E-state index is 1.25. The van der Waals surface area contributed by atoms with Crippen LogP contribution >= 0.6 is 0 Å². The molecule has 0 amide bonds. The third-order valence-corrected chi connectivity index (χ3v) is 8.76. The molecule has 0 bridgehead atoms. The molecule has 0 saturated carbocycles. The van der Waals surface area contributed by atoms with Crippen molar-refractivity contribution in [2.24, 2.45) is 0 Å². The van der Waals surface area contributed by atoms with Crippen molar-refractivity contribution in [3.63, 3.8) is 0 Å². The van der Waals surface area contributed by atoms with E-state index in [1.165, 1.54) is 86.9 Å². The van der Waals surface area contributed by atoms with Gasteiger partial charge in [0.2, 0.25) is 0 Å². The van der Waals surface area contributed by atoms with Gasteiger partial charge in [-0.2, -0.15) is 0 Å². The molecule has 9 aromatic rings. The Kier molecular flexibility index (Phi) is 4.42. The van der Waals surface area contributed by atoms with Crippen LogP contribution in [0.3, 0.4) is 0 Å². The average Bonchev–Trinajstić information content (AvgIpc) is 3.03. The first kappa shape index (κ1) is 21.7. The second kappa shape index (κ2) is 8.15. The zero-order valence-corrected chi connectivity index (χ0v) is 21.9. The van der Waals surface area contributed by atoms with Crippen molar-refractivity contribution in [2.45, 2.75) is 0 Å². The molecule has 0 aromatic heterocycles. The van der Waals surface area contributed by atoms with Crippen LogP contribution in [0.25, 0.3) is 86.9 Å². The molecule has 0 heterocycles. The fourth-order valence-corrected chi connectivity index (χ4v) is 7.16. The van der Waals surface area contributed by atoms with Crippen LogP contribution in [0.2, 0.25) is 0 Å². The van der Waals surface area contributed by atoms with Gasteiger partial charge in [0.25, 0.3) is 0 Å². The molecule has 0 N–H and O–H groups in total. The molecule has 0 atom stereocenters. The summed E-state index contributed by atoms with van der Waals surface area (Å²) in [6, 6.07) is 53.7. The molecule has 0 unspecified atom stereocenters. The van der Waals surface area contributed by atoms with E-state index in [4.69, 9.17) is 0 Å². The Balaban J connectivity index is 1.67. The number of rotatable bonds is 2. The van der Waals surface area contributed by atoms with Gasteiger partial charge in [0.1, 0.15) is 0 Å². The van der Waals surface area contributed by atoms with E-state index in [2.05, 4.69) is 146 Å². The van der Waals surface area contributed by atoms with Gasteiger partial charge in [0, 0.05) is 0 Å². The summed E-state index contributed by atoms with van der Waals surface area (Å²) in [6.07, 6.45) is 0. The van der Waals surface area contributed by atoms with E-state index in [1.807, 2.05) is 0 Å². The van der Waals surface area contributed by atoms with E-state index in [-0.39, 0.29) is 0 Å². The van der Waals surface area contributed by atoms with Crippen LogP contribution in [0.15, 0.2) is 146 Å². The van der Waals surface area contributed by atoms with Crippen LogP contribution in [0.4, 0.5) is 0 Å². The highest BCUT2D eigenvalue weighted by Gasteiger charge is 2.22. The molecule has 0 fully saturated rings. The highest BCUT2D eigenvalue weighted by molar-refractivity contribution is 6.43. The zero-order valence-electron chi connectivity index (χ0n) is 21.9. The minimum Gasteiger partial charge on any atom is -0.0622 e. The summed E-state index contributed by atoms with van der Waals surface area (Å²) in [5.74, 6) is 0. The molecular formula is C40H24. The predicted molar refractivity (Wildman–Crippen MR) is 174 cm³/mol. The molecule has 0 spiro atoms. The summed E-state index contributed by atoms with van der Waals surface area (Å²) < 4.78 is 0. The van der Waals surface area contributed by atoms with Crippen LogP contribution in [0, 0.1) is 0 Å². The van der Waals surface area contributed by atoms with Crippen LogP contribution in [-0.4, -0.2) is 0 Å². The van der Waals surface area contributed by atoms with Gasteiger partial charge in [-0.25, -0.2) is 0 Å². The van der Waals surface area contributed by atoms with E-state index in [0.29, 0.717) is 0 Å². The van der Waals surface area contributed by atoms with Crippen LogP contribution < -0.4 is 0 Å². The molecule has 9 aromatic carbocycles. The quantitative estimate of drug-likeness (QED) is 0.162. The number of benzene rings is 9. The Labute approximate surface area is 232 Å². The highest BCUT2D eigenvalue weighted by atomic mass is 14.2. The molecule has 40 heavy (non-hydrogen) atoms. The van der Waals surface area contributed by atoms with E-state index in [1.54, 1.807) is 0 Å². The monoisotopic (exact) mass is 504 g/mol. The molecule has 0 saturated heterocycles. The third kappa shape index (κ3) is 2.85. The Hall–Kier alpha value is -5.20. The minimum absolute atomic E-state index is 1.25. The Bertz CT molecular complexity index is 2400. The lowest BCUT2D eigenvalue weighted by atomic mass is 9.80. The molecular weight excluding hydrogens is 480 g/mol. The molecule has 0 radical (unpaired) electrons. The molecule has 0 aliphatic carbocycles. The van der Waals surface area contributed by atoms with Crippen molar-refractivity contribution >= 4 is 64.6 Å². The van der Waals surface area contributed by atoms with Gasteiger partial charge < -0.3 is 0 Å². The summed E-state index contributed by atoms with van der Waals surface area (Å²) in [4.78, 5) is 0. The largest absolute Gasteiger partial charge is 0.0622 e. The van der Waals surface area contributed by atoms with Crippen LogP contribution in [0.5, 0.6) is 0 Å². The summed E-state index contributed by atoms with van der Waals surface area (Å²) >= 11 is 0. The smallest absolute Gasteiger partial charge is 0.000741 e. The first-order chi connectivity index (χ1) is 19.9. The van der Waals surface area contributed by atoms with Gasteiger partial charge in [-0.3, -0.25) is 0 Å². The average molecular weight is 505 g/mol. The van der Waals surface area contributed by atoms with Crippen molar-refractivity contribution in [3.8, 4) is 22.3 Å². The van der Waals surface area contributed by atoms with Gasteiger partial charge in [-0.05, 0) is 93.0 Å². The highest BCUT2D eigenvalue weighted by Crippen LogP contribution is 2.51. The summed E-state index contributed by atoms with van der Waals surface area (Å²) in [7, 11) is 0. The molecule has 0 heteroatoms. The van der Waals surface area contributed by atoms with E-state index in [9.17, 15) is 0 Å². The summed E-state index contributed by atoms with van der Waals surface area (Å²) in [5.41, 5.74) is 5.12. The van der Waals surface area contributed by atoms with Crippen molar-refractivity contribution in [2.75, 3.05) is 0 Å². The van der Waals surface area contributed by atoms with Gasteiger partial charge in [0.15, 0.2) is 0 Å². The number of hydrogen-bond donors (Lipinski definition) is 0. The van der Waals surface area contributed by atoms with Gasteiger partial charge in [-0.1, -0.05) is 140 Å². The van der Waals surface area contributed by atoms with Crippen molar-refractivity contribution < 1.29 is 0 Å². The number of hydrogen-bond acceptors (Lipinski definition) is 0. The molecule has 184 valence electrons. The van der Waals surface area contributed by atoms with Crippen molar-refractivity contribution in [3.05, 3.63) is 146 Å². The van der Waals surface area contributed by atoms with Crippen molar-refractivity contribution in [1.82, 2.24) is 0 Å². The maximum atomic E-state index is 2.45. The van der Waals surface area contributed by atoms with E-state index in [0.717, 1.165) is 0 Å². The van der Waals surface area contributed by atoms with Gasteiger partial charge in [-0.15, -0.1) is 0 Å². The third-order valence-electron chi connectivity index (χ3n) is 8.76. The lowest BCUT2D eigenvalue weighted by Gasteiger charge is -2.22. The predicted octanol–water partition coefficient (Wildman–Crippen LogP) is 11.4. The molecule has 9 rings (SSSR count). The maximum Gasteiger partial charge on any atom is -0.000741 e. The first-order valence-electron chi connectivity index (χ1n) is 14.0. The Morgan fingerprint density at radius 3 is 1.65 bits per heavy atom. The zero-order chi connectivity index (χ0) is 26.2. The van der Waals surface area contributed by atoms with E-state index < -0.39 is 0 Å². The fourth-order valence-electron chi connectivity index (χ4n) is 7.16. The van der Waals surface area contributed by atoms with Gasteiger partial charge in [0.05, 0.1) is 0 Å². The lowest BCUT2D eigenvalue weighted by molar-refractivity contribution is 1.67. The molecule has 0 aliphatic rings. The summed E-state index contributed by atoms with van der Waals surface area (Å²) in [6.45, 7) is 0. The second-order valence-corrected chi connectivity index (χ2v) is 10.8. The fraction of sp³-hybridized carbons (Fsp3) is 0. The Morgan fingerprint density at radius 2 is 0.850 bits per heavy atom. The Morgan fingerprint density at radius 1 is 0.275 bits per heavy atom. The van der Waals surface area contributed by atoms with Gasteiger partial charge >= 0.3 is 0 Å². The first-order valence-corrected chi connectivity index (χ1v) is 14.0. The normalized spacial score (nSPS) is 12.0. The van der Waals surface area contributed by atoms with Crippen LogP contribution in [0.1, 0.15) is 0 Å². The maximum absolute atomic E-state index is 2.45. The SMILES string of the molecule is c1ccc(-c2ccc3c4ccccc4cc4c5c(-c6ccccc6)c6ccccc6c6cccc(c2c34)c65)cc1. The van der Waals surface area contributed by atoms with E-state index >= 15 is 0 Å². The van der Waals surface area contributed by atoms with Crippen molar-refractivity contribution in [1.29, 1.82) is 0 Å². The second-order valence-electron chi connectivity index (χ2n) is 10.8. The molecule has 0 aliphatic heterocycles. The topological polar surface area (TPSA) is 0 Å². The lowest BCUT2D eigenvalue weighted by Crippen LogP contribution is -1.94. The summed E-state index contributed by atoms with van der Waals surface area (Å²) in [5, 5.41) is 15.9. The number of fused-ring (bicyclic) bond motifs is 6. The molecule has 0 nitrogen and oxygen atoms in total. The standard InChI is InChI=1S/C40H24/c1-3-12-25(13-4-1)29-22-23-33-28-17-8-7-16-27(28)24-35-39(33)37(29)34-21-11-20-32-30-18-9-10-19-31(30)36(40(35)38(32)34)26-14-5-2-6-15-26/h1-24H. The van der Waals surface area contributed by atoms with Crippen LogP contribution in [-0.2, 0) is 0 Å².